The van der Waals surface area contributed by atoms with Gasteiger partial charge in [-0.3, -0.25) is 0 Å². The summed E-state index contributed by atoms with van der Waals surface area (Å²) in [4.78, 5) is 6.69. The van der Waals surface area contributed by atoms with Gasteiger partial charge in [-0.1, -0.05) is 35.5 Å². The number of nitrogens with one attached hydrogen (secondary N) is 1. The molecule has 0 spiro atoms. The molecule has 0 amide bonds. The highest BCUT2D eigenvalue weighted by Gasteiger charge is 2.38. The van der Waals surface area contributed by atoms with Crippen LogP contribution in [-0.2, 0) is 6.18 Å². The van der Waals surface area contributed by atoms with Crippen LogP contribution < -0.4 is 0 Å². The molecule has 4 rings (SSSR count). The molecule has 0 unspecified atom stereocenters. The SMILES string of the molecule is FC(F)(F)c1nc(-c2cccc3[nH]c4ccccc4c23)no1. The summed E-state index contributed by atoms with van der Waals surface area (Å²) in [5.74, 6) is -1.43. The molecule has 0 bridgehead atoms. The van der Waals surface area contributed by atoms with Gasteiger partial charge in [0.25, 0.3) is 0 Å². The average Bonchev–Trinajstić information content (AvgIpc) is 3.11. The van der Waals surface area contributed by atoms with Crippen molar-refractivity contribution in [3.05, 3.63) is 48.4 Å². The van der Waals surface area contributed by atoms with E-state index in [-0.39, 0.29) is 5.82 Å². The third kappa shape index (κ3) is 1.86. The van der Waals surface area contributed by atoms with Crippen molar-refractivity contribution in [1.29, 1.82) is 0 Å². The second-order valence-corrected chi connectivity index (χ2v) is 4.82. The van der Waals surface area contributed by atoms with Crippen LogP contribution in [0.5, 0.6) is 0 Å². The highest BCUT2D eigenvalue weighted by molar-refractivity contribution is 6.13. The lowest BCUT2D eigenvalue weighted by molar-refractivity contribution is -0.159. The summed E-state index contributed by atoms with van der Waals surface area (Å²) < 4.78 is 42.2. The molecule has 2 heterocycles. The Kier molecular flexibility index (Phi) is 2.53. The van der Waals surface area contributed by atoms with Crippen LogP contribution in [0.4, 0.5) is 13.2 Å². The number of para-hydroxylation sites is 1. The van der Waals surface area contributed by atoms with Gasteiger partial charge in [-0.2, -0.15) is 18.2 Å². The smallest absolute Gasteiger partial charge is 0.354 e. The first-order valence-electron chi connectivity index (χ1n) is 6.45. The van der Waals surface area contributed by atoms with Crippen LogP contribution in [0.1, 0.15) is 5.89 Å². The standard InChI is InChI=1S/C15H8F3N3O/c16-15(17,18)14-20-13(21-22-14)9-5-3-7-11-12(9)8-4-1-2-6-10(8)19-11/h1-7,19H. The molecule has 110 valence electrons. The lowest BCUT2D eigenvalue weighted by Gasteiger charge is -1.99. The fourth-order valence-corrected chi connectivity index (χ4v) is 2.54. The fraction of sp³-hybridized carbons (Fsp3) is 0.0667. The molecule has 4 nitrogen and oxygen atoms in total. The molecule has 0 radical (unpaired) electrons. The van der Waals surface area contributed by atoms with Gasteiger partial charge in [-0.25, -0.2) is 0 Å². The van der Waals surface area contributed by atoms with Crippen molar-refractivity contribution in [1.82, 2.24) is 15.1 Å². The first kappa shape index (κ1) is 12.9. The van der Waals surface area contributed by atoms with E-state index in [4.69, 9.17) is 0 Å². The molecular weight excluding hydrogens is 295 g/mol. The summed E-state index contributed by atoms with van der Waals surface area (Å²) in [6, 6.07) is 12.8. The molecule has 0 aliphatic carbocycles. The molecular formula is C15H8F3N3O. The minimum Gasteiger partial charge on any atom is -0.354 e. The van der Waals surface area contributed by atoms with E-state index in [9.17, 15) is 13.2 Å². The number of aromatic nitrogens is 3. The van der Waals surface area contributed by atoms with Gasteiger partial charge in [0.05, 0.1) is 0 Å². The van der Waals surface area contributed by atoms with Crippen LogP contribution in [0.2, 0.25) is 0 Å². The van der Waals surface area contributed by atoms with Crippen molar-refractivity contribution in [3.8, 4) is 11.4 Å². The van der Waals surface area contributed by atoms with Crippen LogP contribution in [0, 0.1) is 0 Å². The van der Waals surface area contributed by atoms with Crippen molar-refractivity contribution in [2.75, 3.05) is 0 Å². The summed E-state index contributed by atoms with van der Waals surface area (Å²) in [5, 5.41) is 5.14. The van der Waals surface area contributed by atoms with Crippen molar-refractivity contribution >= 4 is 21.8 Å². The van der Waals surface area contributed by atoms with Crippen LogP contribution in [0.25, 0.3) is 33.2 Å². The molecule has 0 fully saturated rings. The maximum absolute atomic E-state index is 12.6. The van der Waals surface area contributed by atoms with Crippen LogP contribution in [0.15, 0.2) is 47.0 Å². The largest absolute Gasteiger partial charge is 0.471 e. The van der Waals surface area contributed by atoms with Crippen molar-refractivity contribution < 1.29 is 17.7 Å². The first-order chi connectivity index (χ1) is 10.5. The molecule has 0 aliphatic heterocycles. The Bertz CT molecular complexity index is 984. The van der Waals surface area contributed by atoms with Crippen LogP contribution in [0.3, 0.4) is 0 Å². The number of halogens is 3. The minimum absolute atomic E-state index is 0.0809. The fourth-order valence-electron chi connectivity index (χ4n) is 2.54. The maximum atomic E-state index is 12.6. The third-order valence-corrected chi connectivity index (χ3v) is 3.44. The Hall–Kier alpha value is -2.83. The molecule has 0 atom stereocenters. The number of rotatable bonds is 1. The van der Waals surface area contributed by atoms with Crippen LogP contribution in [-0.4, -0.2) is 15.1 Å². The number of hydrogen-bond acceptors (Lipinski definition) is 3. The van der Waals surface area contributed by atoms with Crippen molar-refractivity contribution in [2.45, 2.75) is 6.18 Å². The molecule has 2 aromatic carbocycles. The van der Waals surface area contributed by atoms with E-state index in [2.05, 4.69) is 19.6 Å². The highest BCUT2D eigenvalue weighted by Crippen LogP contribution is 2.35. The number of nitrogens with zero attached hydrogens (tertiary/aromatic N) is 2. The lowest BCUT2D eigenvalue weighted by atomic mass is 10.1. The summed E-state index contributed by atoms with van der Waals surface area (Å²) >= 11 is 0. The van der Waals surface area contributed by atoms with E-state index in [0.29, 0.717) is 5.56 Å². The Morgan fingerprint density at radius 3 is 2.50 bits per heavy atom. The summed E-state index contributed by atoms with van der Waals surface area (Å²) in [6.07, 6.45) is -4.65. The van der Waals surface area contributed by atoms with Crippen molar-refractivity contribution in [2.24, 2.45) is 0 Å². The zero-order chi connectivity index (χ0) is 15.3. The summed E-state index contributed by atoms with van der Waals surface area (Å²) in [7, 11) is 0. The number of benzene rings is 2. The number of alkyl halides is 3. The van der Waals surface area contributed by atoms with Gasteiger partial charge in [-0.05, 0) is 12.1 Å². The molecule has 7 heteroatoms. The molecule has 1 N–H and O–H groups in total. The molecule has 0 saturated heterocycles. The average molecular weight is 303 g/mol. The van der Waals surface area contributed by atoms with Gasteiger partial charge in [0.15, 0.2) is 0 Å². The lowest BCUT2D eigenvalue weighted by Crippen LogP contribution is -2.04. The Morgan fingerprint density at radius 1 is 0.955 bits per heavy atom. The highest BCUT2D eigenvalue weighted by atomic mass is 19.4. The van der Waals surface area contributed by atoms with Gasteiger partial charge in [0.2, 0.25) is 5.82 Å². The normalized spacial score (nSPS) is 12.3. The molecule has 22 heavy (non-hydrogen) atoms. The van der Waals surface area contributed by atoms with Gasteiger partial charge in [-0.15, -0.1) is 0 Å². The monoisotopic (exact) mass is 303 g/mol. The van der Waals surface area contributed by atoms with Gasteiger partial charge < -0.3 is 9.51 Å². The van der Waals surface area contributed by atoms with Gasteiger partial charge in [0.1, 0.15) is 0 Å². The third-order valence-electron chi connectivity index (χ3n) is 3.44. The number of hydrogen-bond donors (Lipinski definition) is 1. The predicted octanol–water partition coefficient (Wildman–Crippen LogP) is 4.39. The number of H-pyrrole nitrogens is 1. The summed E-state index contributed by atoms with van der Waals surface area (Å²) in [5.41, 5.74) is 2.19. The Balaban J connectivity index is 2.00. The Morgan fingerprint density at radius 2 is 1.73 bits per heavy atom. The molecule has 0 saturated carbocycles. The molecule has 4 aromatic rings. The van der Waals surface area contributed by atoms with E-state index in [1.165, 1.54) is 0 Å². The van der Waals surface area contributed by atoms with Crippen molar-refractivity contribution in [3.63, 3.8) is 0 Å². The number of aromatic amines is 1. The van der Waals surface area contributed by atoms with E-state index < -0.39 is 12.1 Å². The zero-order valence-corrected chi connectivity index (χ0v) is 11.0. The van der Waals surface area contributed by atoms with Gasteiger partial charge in [0, 0.05) is 27.4 Å². The summed E-state index contributed by atoms with van der Waals surface area (Å²) in [6.45, 7) is 0. The van der Waals surface area contributed by atoms with E-state index in [1.54, 1.807) is 12.1 Å². The van der Waals surface area contributed by atoms with E-state index in [0.717, 1.165) is 21.8 Å². The van der Waals surface area contributed by atoms with E-state index in [1.807, 2.05) is 30.3 Å². The second kappa shape index (κ2) is 4.33. The van der Waals surface area contributed by atoms with Crippen LogP contribution >= 0.6 is 0 Å². The zero-order valence-electron chi connectivity index (χ0n) is 11.0. The molecule has 2 aromatic heterocycles. The second-order valence-electron chi connectivity index (χ2n) is 4.82. The topological polar surface area (TPSA) is 54.7 Å². The maximum Gasteiger partial charge on any atom is 0.471 e. The van der Waals surface area contributed by atoms with Gasteiger partial charge >= 0.3 is 12.1 Å². The minimum atomic E-state index is -4.65. The van der Waals surface area contributed by atoms with E-state index >= 15 is 0 Å². The first-order valence-corrected chi connectivity index (χ1v) is 6.45. The molecule has 0 aliphatic rings. The number of fused-ring (bicyclic) bond motifs is 3. The predicted molar refractivity (Wildman–Crippen MR) is 74.1 cm³/mol. The Labute approximate surface area is 121 Å². The quantitative estimate of drug-likeness (QED) is 0.567.